The molecule has 2 aliphatic heterocycles. The highest BCUT2D eigenvalue weighted by molar-refractivity contribution is 6.03. The molecule has 1 aromatic carbocycles. The quantitative estimate of drug-likeness (QED) is 0.618. The van der Waals surface area contributed by atoms with Gasteiger partial charge in [0.05, 0.1) is 17.9 Å². The molecule has 1 fully saturated rings. The van der Waals surface area contributed by atoms with Crippen molar-refractivity contribution >= 4 is 17.7 Å². The van der Waals surface area contributed by atoms with E-state index in [2.05, 4.69) is 25.5 Å². The number of carbonyl (C=O) groups excluding carboxylic acids is 1. The average molecular weight is 396 g/mol. The van der Waals surface area contributed by atoms with Gasteiger partial charge in [-0.15, -0.1) is 5.01 Å². The van der Waals surface area contributed by atoms with Crippen molar-refractivity contribution in [1.82, 2.24) is 15.2 Å². The second-order valence-corrected chi connectivity index (χ2v) is 6.50. The molecule has 2 aromatic heterocycles. The van der Waals surface area contributed by atoms with E-state index in [0.29, 0.717) is 36.1 Å². The van der Waals surface area contributed by atoms with Crippen molar-refractivity contribution in [3.8, 4) is 11.5 Å². The van der Waals surface area contributed by atoms with Gasteiger partial charge in [0.25, 0.3) is 12.1 Å². The molecule has 0 unspecified atom stereocenters. The number of hydrogen-bond donors (Lipinski definition) is 1. The van der Waals surface area contributed by atoms with E-state index in [1.54, 1.807) is 47.6 Å². The zero-order chi connectivity index (χ0) is 19.6. The van der Waals surface area contributed by atoms with Crippen LogP contribution in [-0.4, -0.2) is 54.1 Å². The fourth-order valence-electron chi connectivity index (χ4n) is 3.20. The van der Waals surface area contributed by atoms with Crippen LogP contribution in [0, 0.1) is 0 Å². The molecular weight excluding hydrogens is 378 g/mol. The Balaban J connectivity index is 1.21. The predicted molar refractivity (Wildman–Crippen MR) is 99.4 cm³/mol. The highest BCUT2D eigenvalue weighted by Crippen LogP contribution is 2.32. The average Bonchev–Trinajstić information content (AvgIpc) is 3.43. The summed E-state index contributed by atoms with van der Waals surface area (Å²) in [4.78, 5) is 24.7. The van der Waals surface area contributed by atoms with Gasteiger partial charge in [0.2, 0.25) is 18.0 Å². The fourth-order valence-corrected chi connectivity index (χ4v) is 3.20. The van der Waals surface area contributed by atoms with Gasteiger partial charge in [-0.1, -0.05) is 0 Å². The summed E-state index contributed by atoms with van der Waals surface area (Å²) in [6, 6.07) is 6.79. The minimum atomic E-state index is -0.322. The number of rotatable bonds is 4. The Bertz CT molecular complexity index is 1020. The smallest absolute Gasteiger partial charge is 0.306 e. The molecule has 11 heteroatoms. The maximum Gasteiger partial charge on any atom is 0.306 e. The molecule has 1 saturated heterocycles. The second kappa shape index (κ2) is 7.26. The second-order valence-electron chi connectivity index (χ2n) is 6.50. The molecule has 1 amide bonds. The molecule has 1 N–H and O–H groups in total. The zero-order valence-corrected chi connectivity index (χ0v) is 15.4. The van der Waals surface area contributed by atoms with Gasteiger partial charge >= 0.3 is 5.88 Å². The van der Waals surface area contributed by atoms with Gasteiger partial charge in [0.15, 0.2) is 11.5 Å². The Labute approximate surface area is 165 Å². The number of ether oxygens (including phenoxy) is 2. The summed E-state index contributed by atoms with van der Waals surface area (Å²) in [5.74, 6) is 1.82. The fraction of sp³-hybridized carbons (Fsp3) is 0.278. The number of piperazine rings is 1. The molecule has 0 atom stereocenters. The molecule has 11 nitrogen and oxygen atoms in total. The first-order valence-electron chi connectivity index (χ1n) is 9.13. The molecule has 2 aliphatic rings. The summed E-state index contributed by atoms with van der Waals surface area (Å²) < 4.78 is 15.8. The number of nitrogens with one attached hydrogen (secondary N) is 1. The van der Waals surface area contributed by atoms with Gasteiger partial charge in [0, 0.05) is 31.0 Å². The predicted octanol–water partition coefficient (Wildman–Crippen LogP) is 0.191. The molecule has 5 rings (SSSR count). The van der Waals surface area contributed by atoms with E-state index in [-0.39, 0.29) is 18.6 Å². The largest absolute Gasteiger partial charge is 0.454 e. The van der Waals surface area contributed by atoms with Crippen molar-refractivity contribution in [3.63, 3.8) is 0 Å². The van der Waals surface area contributed by atoms with Gasteiger partial charge in [-0.05, 0) is 24.3 Å². The summed E-state index contributed by atoms with van der Waals surface area (Å²) >= 11 is 0. The lowest BCUT2D eigenvalue weighted by Crippen LogP contribution is -2.65. The maximum atomic E-state index is 12.5. The van der Waals surface area contributed by atoms with Crippen LogP contribution in [0.15, 0.2) is 47.4 Å². The highest BCUT2D eigenvalue weighted by Gasteiger charge is 2.27. The van der Waals surface area contributed by atoms with Crippen molar-refractivity contribution in [2.75, 3.05) is 48.2 Å². The number of aromatic nitrogens is 4. The number of anilines is 2. The number of nitrogens with zero attached hydrogens (tertiary/aromatic N) is 6. The molecule has 0 spiro atoms. The van der Waals surface area contributed by atoms with Crippen molar-refractivity contribution in [3.05, 3.63) is 48.4 Å². The molecule has 148 valence electrons. The van der Waals surface area contributed by atoms with Crippen LogP contribution in [0.2, 0.25) is 0 Å². The summed E-state index contributed by atoms with van der Waals surface area (Å²) in [5.41, 5.74) is 0.439. The number of benzene rings is 1. The Morgan fingerprint density at radius 2 is 1.86 bits per heavy atom. The van der Waals surface area contributed by atoms with Gasteiger partial charge in [-0.25, -0.2) is 9.97 Å². The number of carbonyl (C=O) groups is 1. The summed E-state index contributed by atoms with van der Waals surface area (Å²) in [6.45, 7) is 3.09. The third-order valence-corrected chi connectivity index (χ3v) is 4.71. The molecule has 0 saturated carbocycles. The highest BCUT2D eigenvalue weighted by atomic mass is 16.7. The van der Waals surface area contributed by atoms with E-state index in [1.807, 2.05) is 5.01 Å². The van der Waals surface area contributed by atoms with Crippen LogP contribution in [-0.2, 0) is 0 Å². The zero-order valence-electron chi connectivity index (χ0n) is 15.4. The van der Waals surface area contributed by atoms with Crippen molar-refractivity contribution in [1.29, 1.82) is 0 Å². The minimum Gasteiger partial charge on any atom is -0.454 e. The Morgan fingerprint density at radius 3 is 2.69 bits per heavy atom. The van der Waals surface area contributed by atoms with Crippen LogP contribution >= 0.6 is 0 Å². The van der Waals surface area contributed by atoms with Crippen molar-refractivity contribution in [2.45, 2.75) is 0 Å². The standard InChI is InChI=1S/C18H17N7O4/c26-17(13-2-3-14-15(10-13)28-12-27-14)21-16-11-25(22-29-16)24-8-6-23(7-9-24)18-19-4-1-5-20-18/h1-5,10-11H,6-9,12H2/p+1. The number of fused-ring (bicyclic) bond motifs is 1. The van der Waals surface area contributed by atoms with Gasteiger partial charge in [-0.2, -0.15) is 0 Å². The molecule has 3 aromatic rings. The first kappa shape index (κ1) is 17.2. The molecule has 4 heterocycles. The Morgan fingerprint density at radius 1 is 1.07 bits per heavy atom. The summed E-state index contributed by atoms with van der Waals surface area (Å²) in [5, 5.41) is 8.71. The van der Waals surface area contributed by atoms with Crippen LogP contribution in [0.25, 0.3) is 0 Å². The number of hydrogen-bond acceptors (Lipinski definition) is 9. The van der Waals surface area contributed by atoms with Crippen LogP contribution < -0.4 is 29.5 Å². The van der Waals surface area contributed by atoms with Crippen LogP contribution in [0.3, 0.4) is 0 Å². The van der Waals surface area contributed by atoms with Crippen LogP contribution in [0.4, 0.5) is 11.8 Å². The third-order valence-electron chi connectivity index (χ3n) is 4.71. The van der Waals surface area contributed by atoms with E-state index in [4.69, 9.17) is 14.0 Å². The summed E-state index contributed by atoms with van der Waals surface area (Å²) in [7, 11) is 0. The summed E-state index contributed by atoms with van der Waals surface area (Å²) in [6.07, 6.45) is 5.10. The molecule has 0 bridgehead atoms. The molecule has 0 aliphatic carbocycles. The maximum absolute atomic E-state index is 12.5. The lowest BCUT2D eigenvalue weighted by molar-refractivity contribution is -0.758. The normalized spacial score (nSPS) is 15.4. The minimum absolute atomic E-state index is 0.159. The van der Waals surface area contributed by atoms with E-state index in [1.165, 1.54) is 0 Å². The molecular formula is C18H18N7O4+. The number of amides is 1. The van der Waals surface area contributed by atoms with E-state index < -0.39 is 0 Å². The van der Waals surface area contributed by atoms with Gasteiger partial charge < -0.3 is 14.4 Å². The third kappa shape index (κ3) is 3.49. The monoisotopic (exact) mass is 396 g/mol. The van der Waals surface area contributed by atoms with Crippen molar-refractivity contribution in [2.24, 2.45) is 0 Å². The molecule has 0 radical (unpaired) electrons. The Hall–Kier alpha value is -3.89. The van der Waals surface area contributed by atoms with E-state index >= 15 is 0 Å². The van der Waals surface area contributed by atoms with Crippen LogP contribution in [0.1, 0.15) is 10.4 Å². The first-order chi connectivity index (χ1) is 14.3. The van der Waals surface area contributed by atoms with E-state index in [9.17, 15) is 4.79 Å². The lowest BCUT2D eigenvalue weighted by Gasteiger charge is -2.29. The van der Waals surface area contributed by atoms with Gasteiger partial charge in [0.1, 0.15) is 0 Å². The first-order valence-corrected chi connectivity index (χ1v) is 9.13. The molecule has 29 heavy (non-hydrogen) atoms. The van der Waals surface area contributed by atoms with Crippen molar-refractivity contribution < 1.29 is 23.6 Å². The topological polar surface area (TPSA) is 110 Å². The van der Waals surface area contributed by atoms with Gasteiger partial charge in [-0.3, -0.25) is 14.6 Å². The van der Waals surface area contributed by atoms with E-state index in [0.717, 1.165) is 13.1 Å². The lowest BCUT2D eigenvalue weighted by atomic mass is 10.2. The Kier molecular flexibility index (Phi) is 4.31. The SMILES string of the molecule is O=C(Nc1c[n+](N2CCN(c3ncccn3)CC2)no1)c1ccc2c(c1)OCO2. The van der Waals surface area contributed by atoms with Crippen LogP contribution in [0.5, 0.6) is 11.5 Å².